The second kappa shape index (κ2) is 5.80. The van der Waals surface area contributed by atoms with Crippen LogP contribution in [0.4, 0.5) is 0 Å². The molecule has 2 N–H and O–H groups in total. The van der Waals surface area contributed by atoms with E-state index >= 15 is 0 Å². The highest BCUT2D eigenvalue weighted by atomic mass is 35.5. The van der Waals surface area contributed by atoms with Crippen LogP contribution in [0.5, 0.6) is 0 Å². The van der Waals surface area contributed by atoms with Gasteiger partial charge in [0.1, 0.15) is 0 Å². The molecule has 76 valence electrons. The Labute approximate surface area is 83.0 Å². The average molecular weight is 207 g/mol. The summed E-state index contributed by atoms with van der Waals surface area (Å²) < 4.78 is 0. The zero-order chi connectivity index (χ0) is 10.4. The summed E-state index contributed by atoms with van der Waals surface area (Å²) >= 11 is 5.52. The van der Waals surface area contributed by atoms with Crippen molar-refractivity contribution in [3.8, 4) is 0 Å². The van der Waals surface area contributed by atoms with Crippen molar-refractivity contribution >= 4 is 23.4 Å². The summed E-state index contributed by atoms with van der Waals surface area (Å²) in [6.45, 7) is 3.96. The first-order chi connectivity index (χ1) is 6.02. The van der Waals surface area contributed by atoms with Crippen molar-refractivity contribution in [2.24, 2.45) is 11.7 Å². The molecule has 0 radical (unpaired) electrons. The van der Waals surface area contributed by atoms with Gasteiger partial charge in [0.15, 0.2) is 0 Å². The second-order valence-electron chi connectivity index (χ2n) is 2.87. The highest BCUT2D eigenvalue weighted by molar-refractivity contribution is 6.19. The molecule has 0 spiro atoms. The lowest BCUT2D eigenvalue weighted by Crippen LogP contribution is -2.41. The van der Waals surface area contributed by atoms with Crippen molar-refractivity contribution in [3.05, 3.63) is 0 Å². The summed E-state index contributed by atoms with van der Waals surface area (Å²) in [5, 5.41) is 0. The minimum Gasteiger partial charge on any atom is -0.368 e. The van der Waals surface area contributed by atoms with E-state index in [2.05, 4.69) is 0 Å². The fourth-order valence-corrected chi connectivity index (χ4v) is 1.04. The lowest BCUT2D eigenvalue weighted by atomic mass is 10.2. The van der Waals surface area contributed by atoms with Gasteiger partial charge in [0.25, 0.3) is 0 Å². The van der Waals surface area contributed by atoms with Crippen molar-refractivity contribution in [2.75, 3.05) is 19.0 Å². The quantitative estimate of drug-likeness (QED) is 0.653. The third-order valence-corrected chi connectivity index (χ3v) is 2.16. The molecule has 2 amide bonds. The summed E-state index contributed by atoms with van der Waals surface area (Å²) in [6, 6.07) is 0. The predicted octanol–water partition coefficient (Wildman–Crippen LogP) is 0.195. The lowest BCUT2D eigenvalue weighted by molar-refractivity contribution is -0.137. The lowest BCUT2D eigenvalue weighted by Gasteiger charge is -2.21. The first kappa shape index (κ1) is 12.2. The smallest absolute Gasteiger partial charge is 0.237 e. The Morgan fingerprint density at radius 1 is 1.54 bits per heavy atom. The van der Waals surface area contributed by atoms with E-state index < -0.39 is 5.91 Å². The Kier molecular flexibility index (Phi) is 5.46. The summed E-state index contributed by atoms with van der Waals surface area (Å²) in [5.74, 6) is -0.636. The van der Waals surface area contributed by atoms with Crippen LogP contribution in [0.15, 0.2) is 0 Å². The van der Waals surface area contributed by atoms with E-state index in [0.717, 1.165) is 0 Å². The van der Waals surface area contributed by atoms with Crippen LogP contribution in [0, 0.1) is 5.92 Å². The Morgan fingerprint density at radius 2 is 2.08 bits per heavy atom. The molecule has 5 heteroatoms. The van der Waals surface area contributed by atoms with Gasteiger partial charge in [-0.1, -0.05) is 6.92 Å². The molecule has 0 heterocycles. The largest absolute Gasteiger partial charge is 0.368 e. The maximum atomic E-state index is 11.5. The number of primary amides is 1. The predicted molar refractivity (Wildman–Crippen MR) is 51.3 cm³/mol. The van der Waals surface area contributed by atoms with Gasteiger partial charge in [-0.05, 0) is 6.92 Å². The molecule has 0 saturated carbocycles. The van der Waals surface area contributed by atoms with Gasteiger partial charge >= 0.3 is 0 Å². The number of amides is 2. The van der Waals surface area contributed by atoms with Crippen molar-refractivity contribution in [3.63, 3.8) is 0 Å². The topological polar surface area (TPSA) is 63.4 Å². The molecule has 0 aliphatic carbocycles. The zero-order valence-corrected chi connectivity index (χ0v) is 8.67. The number of hydrogen-bond donors (Lipinski definition) is 1. The minimum absolute atomic E-state index is 0.0312. The number of alkyl halides is 1. The van der Waals surface area contributed by atoms with Crippen LogP contribution in [-0.2, 0) is 9.59 Å². The van der Waals surface area contributed by atoms with Crippen molar-refractivity contribution in [2.45, 2.75) is 13.8 Å². The molecule has 0 saturated heterocycles. The number of halogens is 1. The van der Waals surface area contributed by atoms with Gasteiger partial charge < -0.3 is 10.6 Å². The molecule has 0 rings (SSSR count). The number of carbonyl (C=O) groups excluding carboxylic acids is 2. The molecule has 0 bridgehead atoms. The van der Waals surface area contributed by atoms with Crippen molar-refractivity contribution < 1.29 is 9.59 Å². The van der Waals surface area contributed by atoms with E-state index in [1.807, 2.05) is 0 Å². The minimum atomic E-state index is -0.503. The number of nitrogens with zero attached hydrogens (tertiary/aromatic N) is 1. The molecular formula is C8H15ClN2O2. The van der Waals surface area contributed by atoms with Gasteiger partial charge in [0.05, 0.1) is 6.54 Å². The highest BCUT2D eigenvalue weighted by Crippen LogP contribution is 2.03. The molecular weight excluding hydrogens is 192 g/mol. The van der Waals surface area contributed by atoms with Crippen LogP contribution >= 0.6 is 11.6 Å². The van der Waals surface area contributed by atoms with Crippen LogP contribution in [-0.4, -0.2) is 35.7 Å². The zero-order valence-electron chi connectivity index (χ0n) is 7.92. The van der Waals surface area contributed by atoms with Crippen LogP contribution in [0.3, 0.4) is 0 Å². The van der Waals surface area contributed by atoms with Gasteiger partial charge in [0, 0.05) is 18.3 Å². The standard InChI is InChI=1S/C8H15ClN2O2/c1-3-11(5-7(10)12)8(13)6(2)4-9/h6H,3-5H2,1-2H3,(H2,10,12). The summed E-state index contributed by atoms with van der Waals surface area (Å²) in [5.41, 5.74) is 4.98. The highest BCUT2D eigenvalue weighted by Gasteiger charge is 2.19. The fraction of sp³-hybridized carbons (Fsp3) is 0.750. The SMILES string of the molecule is CCN(CC(N)=O)C(=O)C(C)CCl. The van der Waals surface area contributed by atoms with E-state index in [-0.39, 0.29) is 24.2 Å². The van der Waals surface area contributed by atoms with E-state index in [4.69, 9.17) is 17.3 Å². The van der Waals surface area contributed by atoms with Crippen LogP contribution in [0.1, 0.15) is 13.8 Å². The first-order valence-electron chi connectivity index (χ1n) is 4.16. The van der Waals surface area contributed by atoms with Gasteiger partial charge in [0.2, 0.25) is 11.8 Å². The first-order valence-corrected chi connectivity index (χ1v) is 4.69. The molecule has 0 aromatic heterocycles. The van der Waals surface area contributed by atoms with Crippen molar-refractivity contribution in [1.82, 2.24) is 4.90 Å². The molecule has 1 unspecified atom stereocenters. The van der Waals surface area contributed by atoms with E-state index in [1.165, 1.54) is 4.90 Å². The monoisotopic (exact) mass is 206 g/mol. The third kappa shape index (κ3) is 4.12. The molecule has 0 aromatic carbocycles. The number of carbonyl (C=O) groups is 2. The Balaban J connectivity index is 4.22. The normalized spacial score (nSPS) is 12.2. The van der Waals surface area contributed by atoms with E-state index in [1.54, 1.807) is 13.8 Å². The summed E-state index contributed by atoms with van der Waals surface area (Å²) in [4.78, 5) is 23.5. The maximum absolute atomic E-state index is 11.5. The molecule has 0 aliphatic heterocycles. The molecule has 0 aromatic rings. The average Bonchev–Trinajstić information content (AvgIpc) is 2.11. The Bertz CT molecular complexity index is 197. The van der Waals surface area contributed by atoms with Gasteiger partial charge in [-0.25, -0.2) is 0 Å². The van der Waals surface area contributed by atoms with Gasteiger partial charge in [-0.3, -0.25) is 9.59 Å². The Hall–Kier alpha value is -0.770. The molecule has 4 nitrogen and oxygen atoms in total. The maximum Gasteiger partial charge on any atom is 0.237 e. The number of likely N-dealkylation sites (N-methyl/N-ethyl adjacent to an activating group) is 1. The van der Waals surface area contributed by atoms with Crippen LogP contribution in [0.25, 0.3) is 0 Å². The fourth-order valence-electron chi connectivity index (χ4n) is 0.911. The Morgan fingerprint density at radius 3 is 2.38 bits per heavy atom. The number of rotatable bonds is 5. The molecule has 1 atom stereocenters. The molecule has 13 heavy (non-hydrogen) atoms. The van der Waals surface area contributed by atoms with Gasteiger partial charge in [-0.15, -0.1) is 11.6 Å². The number of nitrogens with two attached hydrogens (primary N) is 1. The number of hydrogen-bond acceptors (Lipinski definition) is 2. The second-order valence-corrected chi connectivity index (χ2v) is 3.18. The van der Waals surface area contributed by atoms with Crippen LogP contribution < -0.4 is 5.73 Å². The summed E-state index contributed by atoms with van der Waals surface area (Å²) in [6.07, 6.45) is 0. The van der Waals surface area contributed by atoms with E-state index in [0.29, 0.717) is 6.54 Å². The van der Waals surface area contributed by atoms with Crippen molar-refractivity contribution in [1.29, 1.82) is 0 Å². The summed E-state index contributed by atoms with van der Waals surface area (Å²) in [7, 11) is 0. The van der Waals surface area contributed by atoms with Gasteiger partial charge in [-0.2, -0.15) is 0 Å². The van der Waals surface area contributed by atoms with Crippen LogP contribution in [0.2, 0.25) is 0 Å². The third-order valence-electron chi connectivity index (χ3n) is 1.69. The molecule has 0 fully saturated rings. The molecule has 0 aliphatic rings. The van der Waals surface area contributed by atoms with E-state index in [9.17, 15) is 9.59 Å².